The maximum Gasteiger partial charge on any atom is 0.309 e. The molecule has 128 valence electrons. The van der Waals surface area contributed by atoms with Gasteiger partial charge < -0.3 is 9.76 Å². The van der Waals surface area contributed by atoms with E-state index in [2.05, 4.69) is 29.8 Å². The van der Waals surface area contributed by atoms with Crippen molar-refractivity contribution in [1.29, 1.82) is 0 Å². The van der Waals surface area contributed by atoms with Crippen molar-refractivity contribution in [3.63, 3.8) is 0 Å². The number of aliphatic hydroxyl groups is 1. The molecule has 1 aromatic carbocycles. The molecule has 0 atom stereocenters. The van der Waals surface area contributed by atoms with Gasteiger partial charge in [0.25, 0.3) is 0 Å². The quantitative estimate of drug-likeness (QED) is 0.846. The van der Waals surface area contributed by atoms with E-state index in [9.17, 15) is 5.11 Å². The van der Waals surface area contributed by atoms with Crippen LogP contribution < -0.4 is 5.46 Å². The van der Waals surface area contributed by atoms with E-state index in [0.29, 0.717) is 7.48 Å². The van der Waals surface area contributed by atoms with Crippen molar-refractivity contribution < 1.29 is 9.76 Å². The number of allylic oxidation sites excluding steroid dienone is 3. The number of benzene rings is 1. The Hall–Kier alpha value is -1.65. The molecule has 0 spiro atoms. The molecule has 0 saturated heterocycles. The van der Waals surface area contributed by atoms with E-state index in [-0.39, 0.29) is 0 Å². The fraction of sp³-hybridized carbons (Fsp3) is 0.450. The van der Waals surface area contributed by atoms with Gasteiger partial charge >= 0.3 is 7.48 Å². The number of hydrogen-bond donors (Lipinski definition) is 1. The average molecular weight is 325 g/mol. The Balaban J connectivity index is 2.22. The maximum atomic E-state index is 10.2. The Kier molecular flexibility index (Phi) is 5.51. The number of rotatable bonds is 5. The third kappa shape index (κ3) is 3.88. The fourth-order valence-electron chi connectivity index (χ4n) is 2.74. The molecule has 3 nitrogen and oxygen atoms in total. The molecule has 4 heteroatoms. The first-order valence-corrected chi connectivity index (χ1v) is 8.47. The highest BCUT2D eigenvalue weighted by Gasteiger charge is 2.35. The molecule has 0 aliphatic heterocycles. The second-order valence-corrected chi connectivity index (χ2v) is 7.35. The topological polar surface area (TPSA) is 41.8 Å². The lowest BCUT2D eigenvalue weighted by molar-refractivity contribution is -0.0893. The van der Waals surface area contributed by atoms with E-state index in [4.69, 9.17) is 4.65 Å². The van der Waals surface area contributed by atoms with Crippen LogP contribution in [-0.2, 0) is 11.1 Å². The minimum Gasteiger partial charge on any atom is -0.427 e. The van der Waals surface area contributed by atoms with Gasteiger partial charge in [-0.3, -0.25) is 4.99 Å². The van der Waals surface area contributed by atoms with Gasteiger partial charge in [-0.2, -0.15) is 0 Å². The number of fused-ring (bicyclic) bond motifs is 1. The van der Waals surface area contributed by atoms with Gasteiger partial charge in [0, 0.05) is 12.6 Å². The Labute approximate surface area is 146 Å². The van der Waals surface area contributed by atoms with Gasteiger partial charge in [0.2, 0.25) is 0 Å². The maximum absolute atomic E-state index is 10.2. The molecule has 1 N–H and O–H groups in total. The Morgan fingerprint density at radius 1 is 1.25 bits per heavy atom. The molecule has 0 saturated carbocycles. The molecule has 1 aromatic rings. The summed E-state index contributed by atoms with van der Waals surface area (Å²) in [6.07, 6.45) is 5.85. The minimum absolute atomic E-state index is 0.484. The summed E-state index contributed by atoms with van der Waals surface area (Å²) >= 11 is 0. The molecule has 0 unspecified atom stereocenters. The molecular weight excluding hydrogens is 297 g/mol. The predicted octanol–water partition coefficient (Wildman–Crippen LogP) is 2.71. The third-order valence-corrected chi connectivity index (χ3v) is 5.01. The molecule has 0 aromatic heterocycles. The predicted molar refractivity (Wildman–Crippen MR) is 104 cm³/mol. The van der Waals surface area contributed by atoms with Gasteiger partial charge in [-0.1, -0.05) is 42.4 Å². The normalized spacial score (nSPS) is 18.6. The summed E-state index contributed by atoms with van der Waals surface area (Å²) in [7, 11) is 2.32. The summed E-state index contributed by atoms with van der Waals surface area (Å²) in [6.45, 7) is 11.2. The zero-order valence-corrected chi connectivity index (χ0v) is 15.5. The van der Waals surface area contributed by atoms with Crippen molar-refractivity contribution in [2.24, 2.45) is 4.99 Å². The van der Waals surface area contributed by atoms with Crippen molar-refractivity contribution >= 4 is 18.7 Å². The lowest BCUT2D eigenvalue weighted by atomic mass is 9.78. The Bertz CT molecular complexity index is 681. The largest absolute Gasteiger partial charge is 0.427 e. The van der Waals surface area contributed by atoms with Gasteiger partial charge in [0.05, 0.1) is 16.9 Å². The molecule has 0 heterocycles. The SMILES string of the molecule is C=C/C=C1/CCc2cc(BOC(C)(C)C(C)(C)O)ccc2/C1=N/C. The monoisotopic (exact) mass is 325 g/mol. The van der Waals surface area contributed by atoms with Crippen LogP contribution >= 0.6 is 0 Å². The van der Waals surface area contributed by atoms with Crippen LogP contribution in [0.2, 0.25) is 0 Å². The van der Waals surface area contributed by atoms with Crippen LogP contribution in [0.1, 0.15) is 45.2 Å². The molecule has 24 heavy (non-hydrogen) atoms. The number of aliphatic imine (C=N–C) groups is 1. The van der Waals surface area contributed by atoms with Gasteiger partial charge in [-0.15, -0.1) is 0 Å². The van der Waals surface area contributed by atoms with Gasteiger partial charge in [-0.25, -0.2) is 0 Å². The van der Waals surface area contributed by atoms with Crippen LogP contribution in [0.3, 0.4) is 0 Å². The Morgan fingerprint density at radius 3 is 2.54 bits per heavy atom. The van der Waals surface area contributed by atoms with E-state index < -0.39 is 11.2 Å². The highest BCUT2D eigenvalue weighted by atomic mass is 16.5. The number of aryl methyl sites for hydroxylation is 1. The van der Waals surface area contributed by atoms with E-state index >= 15 is 0 Å². The van der Waals surface area contributed by atoms with Crippen LogP contribution in [0.15, 0.2) is 47.5 Å². The van der Waals surface area contributed by atoms with Crippen molar-refractivity contribution in [3.8, 4) is 0 Å². The van der Waals surface area contributed by atoms with E-state index in [1.807, 2.05) is 33.0 Å². The van der Waals surface area contributed by atoms with Gasteiger partial charge in [0.1, 0.15) is 0 Å². The third-order valence-electron chi connectivity index (χ3n) is 5.01. The molecule has 0 fully saturated rings. The standard InChI is InChI=1S/C20H28BNO2/c1-7-8-14-9-10-15-13-16(11-12-17(15)18(14)22-6)21-24-20(4,5)19(2,3)23/h7-8,11-13,21,23H,1,9-10H2,2-6H3/b14-8-,22-18+. The molecule has 1 aliphatic rings. The zero-order valence-electron chi connectivity index (χ0n) is 15.5. The lowest BCUT2D eigenvalue weighted by Gasteiger charge is -2.37. The second-order valence-electron chi connectivity index (χ2n) is 7.35. The van der Waals surface area contributed by atoms with Crippen molar-refractivity contribution in [1.82, 2.24) is 0 Å². The molecular formula is C20H28BNO2. The van der Waals surface area contributed by atoms with Gasteiger partial charge in [0.15, 0.2) is 0 Å². The van der Waals surface area contributed by atoms with Crippen LogP contribution in [0, 0.1) is 0 Å². The lowest BCUT2D eigenvalue weighted by Crippen LogP contribution is -2.49. The summed E-state index contributed by atoms with van der Waals surface area (Å²) in [5.74, 6) is 0. The first-order chi connectivity index (χ1) is 11.2. The summed E-state index contributed by atoms with van der Waals surface area (Å²) in [5.41, 5.74) is 4.42. The Morgan fingerprint density at radius 2 is 1.96 bits per heavy atom. The zero-order chi connectivity index (χ0) is 18.0. The van der Waals surface area contributed by atoms with E-state index in [1.54, 1.807) is 13.8 Å². The van der Waals surface area contributed by atoms with Crippen LogP contribution in [0.5, 0.6) is 0 Å². The molecule has 1 aliphatic carbocycles. The smallest absolute Gasteiger partial charge is 0.309 e. The summed E-state index contributed by atoms with van der Waals surface area (Å²) in [4.78, 5) is 4.47. The van der Waals surface area contributed by atoms with Crippen LogP contribution in [-0.4, -0.2) is 36.6 Å². The van der Waals surface area contributed by atoms with Crippen molar-refractivity contribution in [2.75, 3.05) is 7.05 Å². The van der Waals surface area contributed by atoms with E-state index in [1.165, 1.54) is 16.7 Å². The molecule has 0 bridgehead atoms. The van der Waals surface area contributed by atoms with Crippen LogP contribution in [0.25, 0.3) is 0 Å². The van der Waals surface area contributed by atoms with Gasteiger partial charge in [-0.05, 0) is 51.7 Å². The number of nitrogens with zero attached hydrogens (tertiary/aromatic N) is 1. The number of hydrogen-bond acceptors (Lipinski definition) is 3. The van der Waals surface area contributed by atoms with Crippen molar-refractivity contribution in [2.45, 2.75) is 51.7 Å². The summed E-state index contributed by atoms with van der Waals surface area (Å²) < 4.78 is 5.98. The molecule has 0 radical (unpaired) electrons. The summed E-state index contributed by atoms with van der Waals surface area (Å²) in [6, 6.07) is 6.41. The first-order valence-electron chi connectivity index (χ1n) is 8.47. The second kappa shape index (κ2) is 7.08. The van der Waals surface area contributed by atoms with E-state index in [0.717, 1.165) is 24.0 Å². The van der Waals surface area contributed by atoms with Crippen LogP contribution in [0.4, 0.5) is 0 Å². The highest BCUT2D eigenvalue weighted by molar-refractivity contribution is 6.47. The summed E-state index contributed by atoms with van der Waals surface area (Å²) in [5, 5.41) is 10.2. The minimum atomic E-state index is -0.895. The highest BCUT2D eigenvalue weighted by Crippen LogP contribution is 2.26. The fourth-order valence-corrected chi connectivity index (χ4v) is 2.74. The van der Waals surface area contributed by atoms with Crippen molar-refractivity contribution in [3.05, 3.63) is 53.6 Å². The molecule has 0 amide bonds. The molecule has 2 rings (SSSR count). The first kappa shape index (κ1) is 18.7. The average Bonchev–Trinajstić information content (AvgIpc) is 2.52.